The molecule has 0 aliphatic heterocycles. The minimum atomic E-state index is -1.79. The molecule has 2 saturated carbocycles. The van der Waals surface area contributed by atoms with E-state index in [4.69, 9.17) is 9.47 Å². The lowest BCUT2D eigenvalue weighted by Gasteiger charge is -2.45. The minimum Gasteiger partial charge on any atom is -0.459 e. The number of carbonyl (C=O) groups excluding carboxylic acids is 4. The van der Waals surface area contributed by atoms with Crippen molar-refractivity contribution in [3.8, 4) is 0 Å². The lowest BCUT2D eigenvalue weighted by Crippen LogP contribution is -2.63. The fourth-order valence-corrected chi connectivity index (χ4v) is 5.16. The van der Waals surface area contributed by atoms with Crippen LogP contribution in [0.2, 0.25) is 0 Å². The van der Waals surface area contributed by atoms with E-state index in [1.165, 1.54) is 18.2 Å². The van der Waals surface area contributed by atoms with E-state index in [1.54, 1.807) is 34.9 Å². The third-order valence-electron chi connectivity index (χ3n) is 7.21. The third kappa shape index (κ3) is 8.59. The summed E-state index contributed by atoms with van der Waals surface area (Å²) in [6.45, 7) is 6.57. The van der Waals surface area contributed by atoms with Crippen LogP contribution in [0.4, 0.5) is 0 Å². The van der Waals surface area contributed by atoms with Gasteiger partial charge in [0.2, 0.25) is 6.41 Å². The summed E-state index contributed by atoms with van der Waals surface area (Å²) < 4.78 is 11.4. The van der Waals surface area contributed by atoms with Crippen molar-refractivity contribution >= 4 is 30.1 Å². The van der Waals surface area contributed by atoms with Gasteiger partial charge in [-0.2, -0.15) is 0 Å². The number of carbonyl (C=O) groups is 4. The van der Waals surface area contributed by atoms with Gasteiger partial charge < -0.3 is 14.4 Å². The molecule has 0 heterocycles. The molecule has 2 unspecified atom stereocenters. The average Bonchev–Trinajstić information content (AvgIpc) is 2.92. The van der Waals surface area contributed by atoms with Gasteiger partial charge >= 0.3 is 11.9 Å². The zero-order valence-electron chi connectivity index (χ0n) is 24.9. The molecule has 9 nitrogen and oxygen atoms in total. The number of hydrogen-bond donors (Lipinski definition) is 0. The van der Waals surface area contributed by atoms with Crippen LogP contribution >= 0.6 is 0 Å². The van der Waals surface area contributed by atoms with Crippen molar-refractivity contribution in [3.05, 3.63) is 35.9 Å². The van der Waals surface area contributed by atoms with E-state index in [2.05, 4.69) is 16.0 Å². The Labute approximate surface area is 238 Å². The summed E-state index contributed by atoms with van der Waals surface area (Å²) in [5.74, 6) is -1.91. The van der Waals surface area contributed by atoms with Crippen LogP contribution in [0.3, 0.4) is 0 Å². The summed E-state index contributed by atoms with van der Waals surface area (Å²) in [5, 5.41) is 0. The number of esters is 2. The number of Topliss-reactive ketones (excluding diaryl/α,β-unsaturated/α-hetero) is 1. The van der Waals surface area contributed by atoms with Crippen LogP contribution in [-0.2, 0) is 35.3 Å². The molecule has 2 fully saturated rings. The zero-order valence-corrected chi connectivity index (χ0v) is 24.9. The lowest BCUT2D eigenvalue weighted by molar-refractivity contribution is -0.186. The van der Waals surface area contributed by atoms with Crippen molar-refractivity contribution in [2.45, 2.75) is 109 Å². The predicted molar refractivity (Wildman–Crippen MR) is 153 cm³/mol. The van der Waals surface area contributed by atoms with Gasteiger partial charge in [-0.25, -0.2) is 14.8 Å². The monoisotopic (exact) mass is 555 g/mol. The molecule has 1 amide bonds. The molecule has 220 valence electrons. The second kappa shape index (κ2) is 14.9. The molecule has 2 aliphatic rings. The Balaban J connectivity index is 0.00000103. The maximum atomic E-state index is 13.8. The highest BCUT2D eigenvalue weighted by Gasteiger charge is 2.67. The van der Waals surface area contributed by atoms with Crippen LogP contribution in [0.1, 0.15) is 91.0 Å². The highest BCUT2D eigenvalue weighted by molar-refractivity contribution is 6.10. The van der Waals surface area contributed by atoms with E-state index in [0.717, 1.165) is 37.7 Å². The predicted octanol–water partition coefficient (Wildman–Crippen LogP) is 5.17. The fourth-order valence-electron chi connectivity index (χ4n) is 5.16. The van der Waals surface area contributed by atoms with Crippen LogP contribution in [-0.4, -0.2) is 66.3 Å². The van der Waals surface area contributed by atoms with E-state index >= 15 is 0 Å². The Morgan fingerprint density at radius 2 is 1.60 bits per heavy atom. The highest BCUT2D eigenvalue weighted by atomic mass is 16.6. The Hall–Kier alpha value is -3.32. The Morgan fingerprint density at radius 1 is 1.00 bits per heavy atom. The number of amides is 1. The summed E-state index contributed by atoms with van der Waals surface area (Å²) in [6, 6.07) is 12.1. The van der Waals surface area contributed by atoms with Gasteiger partial charge in [-0.15, -0.1) is 0 Å². The molecule has 0 radical (unpaired) electrons. The second-order valence-corrected chi connectivity index (χ2v) is 11.8. The molecule has 2 aliphatic carbocycles. The quantitative estimate of drug-likeness (QED) is 0.189. The summed E-state index contributed by atoms with van der Waals surface area (Å²) in [7, 11) is 3.38. The highest BCUT2D eigenvalue weighted by Crippen LogP contribution is 2.50. The van der Waals surface area contributed by atoms with E-state index < -0.39 is 34.3 Å². The standard InChI is InChI=1S/C28H38N2O5.C3H7NO/c1-21(31)27(24(32)35-26(2,3)4)17-11-12-18-28(27,30-20-29-23-15-9-6-10-16-23)25(33)34-19-22-13-7-5-8-14-22;1-4(2)3-5/h5,7-8,13-14,23H,6,9-12,15-19H2,1-4H3;3H,1-2H3. The third-order valence-corrected chi connectivity index (χ3v) is 7.21. The second-order valence-electron chi connectivity index (χ2n) is 11.8. The van der Waals surface area contributed by atoms with Crippen molar-refractivity contribution in [3.63, 3.8) is 0 Å². The largest absolute Gasteiger partial charge is 0.459 e. The minimum absolute atomic E-state index is 0.0129. The van der Waals surface area contributed by atoms with Crippen LogP contribution in [0, 0.1) is 5.41 Å². The number of ether oxygens (including phenoxy) is 2. The Kier molecular flexibility index (Phi) is 12.2. The van der Waals surface area contributed by atoms with Crippen molar-refractivity contribution < 1.29 is 28.7 Å². The Morgan fingerprint density at radius 3 is 2.15 bits per heavy atom. The molecule has 3 rings (SSSR count). The number of rotatable bonds is 8. The molecular formula is C31H45N3O6. The first-order chi connectivity index (χ1) is 18.9. The van der Waals surface area contributed by atoms with Crippen LogP contribution in [0.15, 0.2) is 40.3 Å². The first-order valence-corrected chi connectivity index (χ1v) is 14.1. The average molecular weight is 556 g/mol. The number of aliphatic imine (C=N–C) groups is 2. The summed E-state index contributed by atoms with van der Waals surface area (Å²) >= 11 is 0. The van der Waals surface area contributed by atoms with E-state index in [-0.39, 0.29) is 25.5 Å². The van der Waals surface area contributed by atoms with Gasteiger partial charge in [0, 0.05) is 14.1 Å². The van der Waals surface area contributed by atoms with Crippen LogP contribution in [0.25, 0.3) is 0 Å². The smallest absolute Gasteiger partial charge is 0.336 e. The normalized spacial score (nSPS) is 22.9. The topological polar surface area (TPSA) is 115 Å². The van der Waals surface area contributed by atoms with Gasteiger partial charge in [0.15, 0.2) is 11.0 Å². The molecule has 2 atom stereocenters. The number of benzene rings is 1. The summed E-state index contributed by atoms with van der Waals surface area (Å²) in [4.78, 5) is 60.7. The first-order valence-electron chi connectivity index (χ1n) is 14.1. The van der Waals surface area contributed by atoms with E-state index in [1.807, 2.05) is 30.3 Å². The molecule has 1 aromatic carbocycles. The maximum Gasteiger partial charge on any atom is 0.336 e. The zero-order chi connectivity index (χ0) is 29.8. The lowest BCUT2D eigenvalue weighted by atomic mass is 9.59. The molecule has 0 aromatic heterocycles. The van der Waals surface area contributed by atoms with Crippen LogP contribution in [0.5, 0.6) is 0 Å². The van der Waals surface area contributed by atoms with Gasteiger partial charge in [0.1, 0.15) is 18.0 Å². The Bertz CT molecular complexity index is 1070. The van der Waals surface area contributed by atoms with Crippen molar-refractivity contribution in [2.75, 3.05) is 14.1 Å². The van der Waals surface area contributed by atoms with Gasteiger partial charge in [-0.1, -0.05) is 62.4 Å². The SMILES string of the molecule is CC(=O)C1(C(=O)OC(C)(C)C)CCCCC1(N=C=NC1CCCCC1)C(=O)OCc1ccccc1.CN(C)C=O. The number of ketones is 1. The summed E-state index contributed by atoms with van der Waals surface area (Å²) in [6.07, 6.45) is 7.57. The number of nitrogens with zero attached hydrogens (tertiary/aromatic N) is 3. The molecule has 0 bridgehead atoms. The molecular weight excluding hydrogens is 510 g/mol. The van der Waals surface area contributed by atoms with E-state index in [0.29, 0.717) is 12.8 Å². The molecule has 40 heavy (non-hydrogen) atoms. The van der Waals surface area contributed by atoms with Gasteiger partial charge in [-0.3, -0.25) is 14.4 Å². The number of hydrogen-bond acceptors (Lipinski definition) is 8. The van der Waals surface area contributed by atoms with Gasteiger partial charge in [-0.05, 0) is 58.9 Å². The first kappa shape index (κ1) is 32.9. The molecule has 0 N–H and O–H groups in total. The van der Waals surface area contributed by atoms with Crippen molar-refractivity contribution in [1.29, 1.82) is 0 Å². The summed E-state index contributed by atoms with van der Waals surface area (Å²) in [5.41, 5.74) is -3.60. The molecule has 0 saturated heterocycles. The maximum absolute atomic E-state index is 13.8. The van der Waals surface area contributed by atoms with Crippen molar-refractivity contribution in [2.24, 2.45) is 15.4 Å². The van der Waals surface area contributed by atoms with E-state index in [9.17, 15) is 19.2 Å². The van der Waals surface area contributed by atoms with Gasteiger partial charge in [0.25, 0.3) is 0 Å². The van der Waals surface area contributed by atoms with Gasteiger partial charge in [0.05, 0.1) is 12.1 Å². The molecule has 0 spiro atoms. The van der Waals surface area contributed by atoms with Crippen molar-refractivity contribution in [1.82, 2.24) is 4.90 Å². The van der Waals surface area contributed by atoms with Crippen LogP contribution < -0.4 is 0 Å². The molecule has 1 aromatic rings. The molecule has 9 heteroatoms. The fraction of sp³-hybridized carbons (Fsp3) is 0.645.